The standard InChI is InChI=1S/C21H32ClN5O2.HI/c1-16-4-5-18(22)12-19(16)26-7-9-27(10-8-26)21(24-14-20(28)25(2)3)23-13-17-6-11-29-15-17;/h4-5,12,17H,6-11,13-15H2,1-3H3,(H,23,24);1H. The number of nitrogens with zero attached hydrogens (tertiary/aromatic N) is 4. The molecule has 1 unspecified atom stereocenters. The molecular weight excluding hydrogens is 517 g/mol. The summed E-state index contributed by atoms with van der Waals surface area (Å²) in [6.07, 6.45) is 1.07. The normalized spacial score (nSPS) is 19.5. The first-order valence-corrected chi connectivity index (χ1v) is 10.6. The molecule has 7 nitrogen and oxygen atoms in total. The number of nitrogens with one attached hydrogen (secondary N) is 1. The van der Waals surface area contributed by atoms with Gasteiger partial charge < -0.3 is 24.8 Å². The minimum absolute atomic E-state index is 0. The Bertz CT molecular complexity index is 732. The van der Waals surface area contributed by atoms with Gasteiger partial charge in [0.1, 0.15) is 6.54 Å². The molecule has 0 bridgehead atoms. The molecule has 0 aromatic heterocycles. The molecule has 1 aromatic carbocycles. The summed E-state index contributed by atoms with van der Waals surface area (Å²) >= 11 is 6.20. The van der Waals surface area contributed by atoms with E-state index < -0.39 is 0 Å². The number of aliphatic imine (C=N–C) groups is 1. The van der Waals surface area contributed by atoms with Crippen LogP contribution in [0.1, 0.15) is 12.0 Å². The van der Waals surface area contributed by atoms with E-state index in [1.807, 2.05) is 12.1 Å². The molecule has 2 aliphatic rings. The second-order valence-electron chi connectivity index (χ2n) is 7.94. The van der Waals surface area contributed by atoms with E-state index in [1.165, 1.54) is 11.3 Å². The number of guanidine groups is 1. The first-order chi connectivity index (χ1) is 13.9. The third-order valence-corrected chi connectivity index (χ3v) is 5.76. The summed E-state index contributed by atoms with van der Waals surface area (Å²) in [7, 11) is 3.51. The monoisotopic (exact) mass is 549 g/mol. The molecule has 2 heterocycles. The van der Waals surface area contributed by atoms with Crippen molar-refractivity contribution in [3.05, 3.63) is 28.8 Å². The van der Waals surface area contributed by atoms with Gasteiger partial charge in [-0.3, -0.25) is 4.79 Å². The van der Waals surface area contributed by atoms with Crippen molar-refractivity contribution < 1.29 is 9.53 Å². The third kappa shape index (κ3) is 6.88. The fourth-order valence-electron chi connectivity index (χ4n) is 3.61. The van der Waals surface area contributed by atoms with E-state index >= 15 is 0 Å². The molecule has 0 radical (unpaired) electrons. The maximum Gasteiger partial charge on any atom is 0.243 e. The molecule has 1 atom stereocenters. The molecule has 30 heavy (non-hydrogen) atoms. The van der Waals surface area contributed by atoms with Crippen molar-refractivity contribution in [3.63, 3.8) is 0 Å². The molecule has 0 spiro atoms. The van der Waals surface area contributed by atoms with Gasteiger partial charge in [-0.2, -0.15) is 0 Å². The highest BCUT2D eigenvalue weighted by Crippen LogP contribution is 2.25. The van der Waals surface area contributed by atoms with Crippen LogP contribution >= 0.6 is 35.6 Å². The molecule has 168 valence electrons. The van der Waals surface area contributed by atoms with E-state index in [9.17, 15) is 4.79 Å². The number of rotatable bonds is 5. The van der Waals surface area contributed by atoms with Crippen molar-refractivity contribution in [1.82, 2.24) is 15.1 Å². The van der Waals surface area contributed by atoms with Crippen LogP contribution in [0.15, 0.2) is 23.2 Å². The van der Waals surface area contributed by atoms with Crippen molar-refractivity contribution >= 4 is 53.1 Å². The lowest BCUT2D eigenvalue weighted by Crippen LogP contribution is -2.53. The summed E-state index contributed by atoms with van der Waals surface area (Å²) in [6.45, 7) is 8.17. The fourth-order valence-corrected chi connectivity index (χ4v) is 3.78. The SMILES string of the molecule is Cc1ccc(Cl)cc1N1CCN(C(=NCC(=O)N(C)C)NCC2CCOC2)CC1.I. The summed E-state index contributed by atoms with van der Waals surface area (Å²) in [4.78, 5) is 22.8. The summed E-state index contributed by atoms with van der Waals surface area (Å²) < 4.78 is 5.48. The van der Waals surface area contributed by atoms with E-state index in [0.717, 1.165) is 63.3 Å². The van der Waals surface area contributed by atoms with Gasteiger partial charge in [0.15, 0.2) is 5.96 Å². The maximum absolute atomic E-state index is 12.0. The molecule has 0 aliphatic carbocycles. The van der Waals surface area contributed by atoms with Crippen molar-refractivity contribution in [3.8, 4) is 0 Å². The van der Waals surface area contributed by atoms with Gasteiger partial charge in [-0.15, -0.1) is 24.0 Å². The lowest BCUT2D eigenvalue weighted by atomic mass is 10.1. The fraction of sp³-hybridized carbons (Fsp3) is 0.619. The van der Waals surface area contributed by atoms with E-state index in [2.05, 4.69) is 33.1 Å². The molecule has 2 aliphatic heterocycles. The van der Waals surface area contributed by atoms with Crippen LogP contribution in [0.2, 0.25) is 5.02 Å². The third-order valence-electron chi connectivity index (χ3n) is 5.53. The molecule has 3 rings (SSSR count). The number of hydrogen-bond acceptors (Lipinski definition) is 4. The first kappa shape index (κ1) is 25.0. The quantitative estimate of drug-likeness (QED) is 0.347. The number of ether oxygens (including phenoxy) is 1. The topological polar surface area (TPSA) is 60.4 Å². The molecule has 0 saturated carbocycles. The minimum atomic E-state index is 0. The number of aryl methyl sites for hydroxylation is 1. The van der Waals surface area contributed by atoms with Crippen molar-refractivity contribution in [2.45, 2.75) is 13.3 Å². The van der Waals surface area contributed by atoms with E-state index in [-0.39, 0.29) is 36.4 Å². The van der Waals surface area contributed by atoms with Gasteiger partial charge in [0, 0.05) is 70.1 Å². The molecule has 9 heteroatoms. The minimum Gasteiger partial charge on any atom is -0.381 e. The Kier molecular flexibility index (Phi) is 9.96. The average molecular weight is 550 g/mol. The highest BCUT2D eigenvalue weighted by atomic mass is 127. The highest BCUT2D eigenvalue weighted by Gasteiger charge is 2.23. The number of carbonyl (C=O) groups excluding carboxylic acids is 1. The zero-order chi connectivity index (χ0) is 20.8. The Morgan fingerprint density at radius 3 is 2.67 bits per heavy atom. The van der Waals surface area contributed by atoms with Crippen LogP contribution in [0.4, 0.5) is 5.69 Å². The number of anilines is 1. The van der Waals surface area contributed by atoms with Crippen LogP contribution in [0, 0.1) is 12.8 Å². The lowest BCUT2D eigenvalue weighted by molar-refractivity contribution is -0.127. The smallest absolute Gasteiger partial charge is 0.243 e. The van der Waals surface area contributed by atoms with Gasteiger partial charge >= 0.3 is 0 Å². The van der Waals surface area contributed by atoms with Crippen LogP contribution in [0.5, 0.6) is 0 Å². The number of likely N-dealkylation sites (N-methyl/N-ethyl adjacent to an activating group) is 1. The number of piperazine rings is 1. The first-order valence-electron chi connectivity index (χ1n) is 10.3. The Labute approximate surface area is 201 Å². The lowest BCUT2D eigenvalue weighted by Gasteiger charge is -2.38. The zero-order valence-electron chi connectivity index (χ0n) is 18.1. The number of benzene rings is 1. The number of carbonyl (C=O) groups is 1. The van der Waals surface area contributed by atoms with E-state index in [4.69, 9.17) is 16.3 Å². The van der Waals surface area contributed by atoms with Gasteiger partial charge in [0.25, 0.3) is 0 Å². The zero-order valence-corrected chi connectivity index (χ0v) is 21.2. The van der Waals surface area contributed by atoms with Crippen LogP contribution in [0.25, 0.3) is 0 Å². The van der Waals surface area contributed by atoms with Gasteiger partial charge in [-0.1, -0.05) is 17.7 Å². The summed E-state index contributed by atoms with van der Waals surface area (Å²) in [5.41, 5.74) is 2.42. The van der Waals surface area contributed by atoms with Crippen LogP contribution in [-0.4, -0.2) is 88.2 Å². The predicted octanol–water partition coefficient (Wildman–Crippen LogP) is 2.46. The largest absolute Gasteiger partial charge is 0.381 e. The molecule has 2 fully saturated rings. The Balaban J connectivity index is 0.00000320. The summed E-state index contributed by atoms with van der Waals surface area (Å²) in [5.74, 6) is 1.32. The van der Waals surface area contributed by atoms with Crippen LogP contribution in [0.3, 0.4) is 0 Å². The molecule has 1 amide bonds. The summed E-state index contributed by atoms with van der Waals surface area (Å²) in [5, 5.41) is 4.25. The van der Waals surface area contributed by atoms with Gasteiger partial charge in [-0.05, 0) is 31.0 Å². The van der Waals surface area contributed by atoms with Gasteiger partial charge in [0.05, 0.1) is 6.61 Å². The molecule has 1 aromatic rings. The Morgan fingerprint density at radius 1 is 1.30 bits per heavy atom. The van der Waals surface area contributed by atoms with Gasteiger partial charge in [-0.25, -0.2) is 4.99 Å². The molecule has 2 saturated heterocycles. The van der Waals surface area contributed by atoms with E-state index in [0.29, 0.717) is 5.92 Å². The maximum atomic E-state index is 12.0. The summed E-state index contributed by atoms with van der Waals surface area (Å²) in [6, 6.07) is 6.03. The molecular formula is C21H33ClIN5O2. The van der Waals surface area contributed by atoms with Crippen molar-refractivity contribution in [1.29, 1.82) is 0 Å². The second kappa shape index (κ2) is 12.0. The number of amides is 1. The van der Waals surface area contributed by atoms with E-state index in [1.54, 1.807) is 19.0 Å². The van der Waals surface area contributed by atoms with Gasteiger partial charge in [0.2, 0.25) is 5.91 Å². The Hall–Kier alpha value is -1.26. The number of hydrogen-bond donors (Lipinski definition) is 1. The van der Waals surface area contributed by atoms with Crippen LogP contribution in [-0.2, 0) is 9.53 Å². The van der Waals surface area contributed by atoms with Crippen molar-refractivity contribution in [2.75, 3.05) is 71.5 Å². The second-order valence-corrected chi connectivity index (χ2v) is 8.38. The average Bonchev–Trinajstić information content (AvgIpc) is 3.23. The van der Waals surface area contributed by atoms with Crippen molar-refractivity contribution in [2.24, 2.45) is 10.9 Å². The number of halogens is 2. The molecule has 1 N–H and O–H groups in total. The Morgan fingerprint density at radius 2 is 2.03 bits per heavy atom. The van der Waals surface area contributed by atoms with Crippen LogP contribution < -0.4 is 10.2 Å². The highest BCUT2D eigenvalue weighted by molar-refractivity contribution is 14.0. The predicted molar refractivity (Wildman–Crippen MR) is 133 cm³/mol.